The number of nitrogens with zero attached hydrogens (tertiary/aromatic N) is 2. The van der Waals surface area contributed by atoms with Crippen molar-refractivity contribution in [2.45, 2.75) is 40.5 Å². The van der Waals surface area contributed by atoms with E-state index in [1.165, 1.54) is 25.1 Å². The van der Waals surface area contributed by atoms with Gasteiger partial charge in [0.05, 0.1) is 11.1 Å². The highest BCUT2D eigenvalue weighted by atomic mass is 16.1. The van der Waals surface area contributed by atoms with Crippen molar-refractivity contribution in [2.24, 2.45) is 11.8 Å². The number of piperidine rings is 1. The minimum absolute atomic E-state index is 0.0435. The van der Waals surface area contributed by atoms with E-state index in [9.17, 15) is 4.79 Å². The predicted molar refractivity (Wildman–Crippen MR) is 137 cm³/mol. The molecule has 0 bridgehead atoms. The number of hydrogen-bond acceptors (Lipinski definition) is 4. The first-order valence-electron chi connectivity index (χ1n) is 12.1. The van der Waals surface area contributed by atoms with Crippen LogP contribution in [0.2, 0.25) is 0 Å². The summed E-state index contributed by atoms with van der Waals surface area (Å²) in [5.41, 5.74) is 4.80. The summed E-state index contributed by atoms with van der Waals surface area (Å²) >= 11 is 0. The molecule has 0 radical (unpaired) electrons. The van der Waals surface area contributed by atoms with Gasteiger partial charge in [-0.15, -0.1) is 0 Å². The van der Waals surface area contributed by atoms with Gasteiger partial charge in [0.25, 0.3) is 5.91 Å². The monoisotopic (exact) mass is 444 g/mol. The first-order valence-corrected chi connectivity index (χ1v) is 12.1. The third-order valence-corrected chi connectivity index (χ3v) is 6.50. The highest BCUT2D eigenvalue weighted by Crippen LogP contribution is 2.26. The van der Waals surface area contributed by atoms with Gasteiger partial charge >= 0.3 is 0 Å². The zero-order valence-electron chi connectivity index (χ0n) is 20.3. The molecule has 33 heavy (non-hydrogen) atoms. The van der Waals surface area contributed by atoms with Crippen LogP contribution in [-0.4, -0.2) is 42.0 Å². The number of likely N-dealkylation sites (tertiary alicyclic amines) is 1. The van der Waals surface area contributed by atoms with E-state index in [1.54, 1.807) is 0 Å². The maximum absolute atomic E-state index is 13.2. The van der Waals surface area contributed by atoms with Crippen LogP contribution in [0.1, 0.15) is 48.2 Å². The number of pyridine rings is 1. The minimum Gasteiger partial charge on any atom is -0.352 e. The first kappa shape index (κ1) is 23.2. The SMILES string of the molecule is Cc1ccc(C)c(Nc2cc(C(=O)NCCCN3C[C@H](C)C[C@H](C)C3)c3ccccc3n2)c1. The molecule has 1 amide bonds. The van der Waals surface area contributed by atoms with E-state index in [0.717, 1.165) is 47.0 Å². The maximum atomic E-state index is 13.2. The van der Waals surface area contributed by atoms with Crippen molar-refractivity contribution in [3.8, 4) is 0 Å². The molecule has 5 heteroatoms. The van der Waals surface area contributed by atoms with Crippen LogP contribution in [0.3, 0.4) is 0 Å². The Labute approximate surface area is 197 Å². The predicted octanol–water partition coefficient (Wildman–Crippen LogP) is 5.69. The van der Waals surface area contributed by atoms with Gasteiger partial charge in [0.2, 0.25) is 0 Å². The molecule has 2 N–H and O–H groups in total. The Morgan fingerprint density at radius 2 is 1.82 bits per heavy atom. The molecule has 1 saturated heterocycles. The second-order valence-corrected chi connectivity index (χ2v) is 9.83. The molecule has 0 aliphatic carbocycles. The van der Waals surface area contributed by atoms with Gasteiger partial charge in [-0.05, 0) is 74.4 Å². The Kier molecular flexibility index (Phi) is 7.29. The quantitative estimate of drug-likeness (QED) is 0.460. The third kappa shape index (κ3) is 5.91. The van der Waals surface area contributed by atoms with Gasteiger partial charge in [0.15, 0.2) is 0 Å². The highest BCUT2D eigenvalue weighted by molar-refractivity contribution is 6.07. The Morgan fingerprint density at radius 3 is 2.61 bits per heavy atom. The number of benzene rings is 2. The van der Waals surface area contributed by atoms with Gasteiger partial charge < -0.3 is 15.5 Å². The van der Waals surface area contributed by atoms with Gasteiger partial charge in [-0.1, -0.05) is 44.2 Å². The molecule has 5 nitrogen and oxygen atoms in total. The fraction of sp³-hybridized carbons (Fsp3) is 0.429. The molecule has 0 spiro atoms. The fourth-order valence-corrected chi connectivity index (χ4v) is 5.01. The largest absolute Gasteiger partial charge is 0.352 e. The van der Waals surface area contributed by atoms with Crippen LogP contribution < -0.4 is 10.6 Å². The second-order valence-electron chi connectivity index (χ2n) is 9.83. The summed E-state index contributed by atoms with van der Waals surface area (Å²) in [5.74, 6) is 2.16. The summed E-state index contributed by atoms with van der Waals surface area (Å²) < 4.78 is 0. The molecule has 1 aliphatic rings. The second kappa shape index (κ2) is 10.3. The van der Waals surface area contributed by atoms with Crippen LogP contribution >= 0.6 is 0 Å². The van der Waals surface area contributed by atoms with E-state index in [2.05, 4.69) is 61.4 Å². The van der Waals surface area contributed by atoms with Crippen LogP contribution in [0, 0.1) is 25.7 Å². The van der Waals surface area contributed by atoms with Gasteiger partial charge in [0, 0.05) is 30.7 Å². The smallest absolute Gasteiger partial charge is 0.252 e. The standard InChI is InChI=1S/C28H36N4O/c1-19-10-11-22(4)26(15-19)31-27-16-24(23-8-5-6-9-25(23)30-27)28(33)29-12-7-13-32-17-20(2)14-21(3)18-32/h5-6,8-11,15-16,20-21H,7,12-14,17-18H2,1-4H3,(H,29,33)(H,30,31)/t20-,21+. The number of aromatic nitrogens is 1. The third-order valence-electron chi connectivity index (χ3n) is 6.50. The molecular weight excluding hydrogens is 408 g/mol. The summed E-state index contributed by atoms with van der Waals surface area (Å²) in [7, 11) is 0. The van der Waals surface area contributed by atoms with Crippen LogP contribution in [0.5, 0.6) is 0 Å². The highest BCUT2D eigenvalue weighted by Gasteiger charge is 2.21. The van der Waals surface area contributed by atoms with Crippen molar-refractivity contribution < 1.29 is 4.79 Å². The number of rotatable bonds is 7. The summed E-state index contributed by atoms with van der Waals surface area (Å²) in [6, 6.07) is 16.0. The molecule has 2 heterocycles. The van der Waals surface area contributed by atoms with E-state index < -0.39 is 0 Å². The Balaban J connectivity index is 1.45. The fourth-order valence-electron chi connectivity index (χ4n) is 5.01. The first-order chi connectivity index (χ1) is 15.9. The zero-order chi connectivity index (χ0) is 23.4. The lowest BCUT2D eigenvalue weighted by Crippen LogP contribution is -2.40. The van der Waals surface area contributed by atoms with Gasteiger partial charge in [-0.3, -0.25) is 4.79 Å². The maximum Gasteiger partial charge on any atom is 0.252 e. The van der Waals surface area contributed by atoms with Crippen LogP contribution in [0.4, 0.5) is 11.5 Å². The van der Waals surface area contributed by atoms with E-state index in [1.807, 2.05) is 30.3 Å². The topological polar surface area (TPSA) is 57.3 Å². The zero-order valence-corrected chi connectivity index (χ0v) is 20.3. The number of carbonyl (C=O) groups excluding carboxylic acids is 1. The average Bonchev–Trinajstić information content (AvgIpc) is 2.78. The lowest BCUT2D eigenvalue weighted by Gasteiger charge is -2.34. The van der Waals surface area contributed by atoms with Crippen LogP contribution in [-0.2, 0) is 0 Å². The number of nitrogens with one attached hydrogen (secondary N) is 2. The molecule has 4 rings (SSSR count). The van der Waals surface area contributed by atoms with Crippen LogP contribution in [0.25, 0.3) is 10.9 Å². The molecule has 1 aliphatic heterocycles. The molecule has 0 saturated carbocycles. The number of para-hydroxylation sites is 1. The Bertz CT molecular complexity index is 1120. The van der Waals surface area contributed by atoms with E-state index in [4.69, 9.17) is 4.98 Å². The van der Waals surface area contributed by atoms with Gasteiger partial charge in [-0.25, -0.2) is 4.98 Å². The summed E-state index contributed by atoms with van der Waals surface area (Å²) in [5, 5.41) is 7.44. The minimum atomic E-state index is -0.0435. The number of aryl methyl sites for hydroxylation is 2. The van der Waals surface area contributed by atoms with Crippen molar-refractivity contribution >= 4 is 28.3 Å². The number of fused-ring (bicyclic) bond motifs is 1. The number of carbonyl (C=O) groups is 1. The number of anilines is 2. The molecule has 1 fully saturated rings. The van der Waals surface area contributed by atoms with Crippen LogP contribution in [0.15, 0.2) is 48.5 Å². The summed E-state index contributed by atoms with van der Waals surface area (Å²) in [4.78, 5) is 20.5. The molecule has 2 aromatic carbocycles. The van der Waals surface area contributed by atoms with Crippen molar-refractivity contribution in [3.05, 3.63) is 65.2 Å². The van der Waals surface area contributed by atoms with Crippen molar-refractivity contribution in [3.63, 3.8) is 0 Å². The molecule has 1 aromatic heterocycles. The average molecular weight is 445 g/mol. The lowest BCUT2D eigenvalue weighted by molar-refractivity contribution is 0.0949. The molecular formula is C28H36N4O. The Morgan fingerprint density at radius 1 is 1.06 bits per heavy atom. The molecule has 2 atom stereocenters. The van der Waals surface area contributed by atoms with Crippen molar-refractivity contribution in [1.29, 1.82) is 0 Å². The summed E-state index contributed by atoms with van der Waals surface area (Å²) in [6.45, 7) is 12.9. The van der Waals surface area contributed by atoms with Gasteiger partial charge in [-0.2, -0.15) is 0 Å². The lowest BCUT2D eigenvalue weighted by atomic mass is 9.92. The van der Waals surface area contributed by atoms with Gasteiger partial charge in [0.1, 0.15) is 5.82 Å². The molecule has 0 unspecified atom stereocenters. The van der Waals surface area contributed by atoms with E-state index in [0.29, 0.717) is 17.9 Å². The normalized spacial score (nSPS) is 18.9. The molecule has 3 aromatic rings. The molecule has 174 valence electrons. The number of amides is 1. The number of hydrogen-bond donors (Lipinski definition) is 2. The van der Waals surface area contributed by atoms with Crippen molar-refractivity contribution in [1.82, 2.24) is 15.2 Å². The van der Waals surface area contributed by atoms with E-state index in [-0.39, 0.29) is 5.91 Å². The Hall–Kier alpha value is -2.92. The van der Waals surface area contributed by atoms with Crippen molar-refractivity contribution in [2.75, 3.05) is 31.5 Å². The summed E-state index contributed by atoms with van der Waals surface area (Å²) in [6.07, 6.45) is 2.28. The van der Waals surface area contributed by atoms with E-state index >= 15 is 0 Å².